The largest absolute Gasteiger partial charge is 0.395 e. The van der Waals surface area contributed by atoms with Gasteiger partial charge in [-0.15, -0.1) is 0 Å². The van der Waals surface area contributed by atoms with Crippen molar-refractivity contribution in [2.24, 2.45) is 11.1 Å². The molecular formula is C15H22N2O2S. The summed E-state index contributed by atoms with van der Waals surface area (Å²) >= 11 is 5.04. The van der Waals surface area contributed by atoms with Gasteiger partial charge in [-0.1, -0.05) is 49.5 Å². The molecule has 4 nitrogen and oxygen atoms in total. The molecule has 1 atom stereocenters. The second-order valence-electron chi connectivity index (χ2n) is 4.99. The predicted molar refractivity (Wildman–Crippen MR) is 84.1 cm³/mol. The van der Waals surface area contributed by atoms with E-state index in [1.54, 1.807) is 11.8 Å². The molecule has 0 aromatic heterocycles. The van der Waals surface area contributed by atoms with E-state index in [2.05, 4.69) is 0 Å². The van der Waals surface area contributed by atoms with Gasteiger partial charge >= 0.3 is 0 Å². The van der Waals surface area contributed by atoms with Gasteiger partial charge in [0.05, 0.1) is 17.0 Å². The molecule has 1 rings (SSSR count). The first-order valence-corrected chi connectivity index (χ1v) is 7.10. The Morgan fingerprint density at radius 3 is 2.45 bits per heavy atom. The lowest BCUT2D eigenvalue weighted by Gasteiger charge is -2.33. The fourth-order valence-corrected chi connectivity index (χ4v) is 2.19. The number of thiocarbonyl (C=S) groups is 1. The van der Waals surface area contributed by atoms with Gasteiger partial charge in [-0.05, 0) is 18.9 Å². The standard InChI is InChI=1S/C15H22N2O2S/c1-3-15(2,13(16)20)14(19)17(9-10-18)11-12-7-5-4-6-8-12/h4-8,18H,3,9-11H2,1-2H3,(H2,16,20). The van der Waals surface area contributed by atoms with Crippen LogP contribution in [0.5, 0.6) is 0 Å². The van der Waals surface area contributed by atoms with Gasteiger partial charge in [0.1, 0.15) is 0 Å². The van der Waals surface area contributed by atoms with E-state index >= 15 is 0 Å². The molecule has 1 unspecified atom stereocenters. The highest BCUT2D eigenvalue weighted by Crippen LogP contribution is 2.25. The smallest absolute Gasteiger partial charge is 0.235 e. The number of nitrogens with zero attached hydrogens (tertiary/aromatic N) is 1. The quantitative estimate of drug-likeness (QED) is 0.751. The van der Waals surface area contributed by atoms with Crippen LogP contribution >= 0.6 is 12.2 Å². The molecule has 0 radical (unpaired) electrons. The maximum atomic E-state index is 12.7. The lowest BCUT2D eigenvalue weighted by Crippen LogP contribution is -2.49. The van der Waals surface area contributed by atoms with Gasteiger partial charge in [-0.3, -0.25) is 4.79 Å². The van der Waals surface area contributed by atoms with Crippen molar-refractivity contribution >= 4 is 23.1 Å². The Hall–Kier alpha value is -1.46. The first kappa shape index (κ1) is 16.6. The number of aliphatic hydroxyl groups is 1. The summed E-state index contributed by atoms with van der Waals surface area (Å²) in [6, 6.07) is 9.66. The molecule has 0 bridgehead atoms. The molecule has 1 aromatic rings. The molecule has 20 heavy (non-hydrogen) atoms. The minimum atomic E-state index is -0.862. The number of hydrogen-bond acceptors (Lipinski definition) is 3. The second-order valence-corrected chi connectivity index (χ2v) is 5.43. The highest BCUT2D eigenvalue weighted by Gasteiger charge is 2.37. The second kappa shape index (κ2) is 7.36. The molecular weight excluding hydrogens is 272 g/mol. The summed E-state index contributed by atoms with van der Waals surface area (Å²) in [6.45, 7) is 4.27. The molecule has 0 aliphatic rings. The number of amides is 1. The molecule has 0 aliphatic carbocycles. The van der Waals surface area contributed by atoms with E-state index in [1.807, 2.05) is 37.3 Å². The van der Waals surface area contributed by atoms with Crippen LogP contribution in [0.1, 0.15) is 25.8 Å². The Morgan fingerprint density at radius 1 is 1.40 bits per heavy atom. The van der Waals surface area contributed by atoms with Crippen molar-refractivity contribution in [1.29, 1.82) is 0 Å². The SMILES string of the molecule is CCC(C)(C(=O)N(CCO)Cc1ccccc1)C(N)=S. The number of hydrogen-bond donors (Lipinski definition) is 2. The molecule has 0 heterocycles. The fraction of sp³-hybridized carbons (Fsp3) is 0.467. The minimum absolute atomic E-state index is 0.0876. The van der Waals surface area contributed by atoms with E-state index in [9.17, 15) is 9.90 Å². The molecule has 0 saturated heterocycles. The first-order chi connectivity index (χ1) is 9.45. The molecule has 1 aromatic carbocycles. The Labute approximate surface area is 125 Å². The molecule has 0 spiro atoms. The van der Waals surface area contributed by atoms with Gasteiger partial charge in [-0.2, -0.15) is 0 Å². The van der Waals surface area contributed by atoms with Crippen molar-refractivity contribution in [2.45, 2.75) is 26.8 Å². The summed E-state index contributed by atoms with van der Waals surface area (Å²) < 4.78 is 0. The molecule has 5 heteroatoms. The van der Waals surface area contributed by atoms with Crippen LogP contribution in [0.25, 0.3) is 0 Å². The van der Waals surface area contributed by atoms with Gasteiger partial charge in [0, 0.05) is 13.1 Å². The molecule has 0 aliphatic heterocycles. The van der Waals surface area contributed by atoms with Crippen molar-refractivity contribution in [3.8, 4) is 0 Å². The van der Waals surface area contributed by atoms with Crippen LogP contribution < -0.4 is 5.73 Å². The summed E-state index contributed by atoms with van der Waals surface area (Å²) in [5, 5.41) is 9.18. The van der Waals surface area contributed by atoms with Gasteiger partial charge in [0.25, 0.3) is 0 Å². The third-order valence-electron chi connectivity index (χ3n) is 3.60. The van der Waals surface area contributed by atoms with Gasteiger partial charge in [-0.25, -0.2) is 0 Å². The molecule has 110 valence electrons. The summed E-state index contributed by atoms with van der Waals surface area (Å²) in [5.41, 5.74) is 5.88. The van der Waals surface area contributed by atoms with Crippen LogP contribution in [0, 0.1) is 5.41 Å². The van der Waals surface area contributed by atoms with Gasteiger partial charge < -0.3 is 15.7 Å². The molecule has 3 N–H and O–H groups in total. The van der Waals surface area contributed by atoms with Crippen molar-refractivity contribution in [2.75, 3.05) is 13.2 Å². The van der Waals surface area contributed by atoms with Crippen molar-refractivity contribution in [1.82, 2.24) is 4.90 Å². The van der Waals surface area contributed by atoms with Gasteiger partial charge in [0.15, 0.2) is 0 Å². The number of carbonyl (C=O) groups is 1. The highest BCUT2D eigenvalue weighted by atomic mass is 32.1. The van der Waals surface area contributed by atoms with Crippen LogP contribution in [0.15, 0.2) is 30.3 Å². The zero-order valence-electron chi connectivity index (χ0n) is 12.0. The Bertz CT molecular complexity index is 464. The van der Waals surface area contributed by atoms with Crippen LogP contribution in [0.2, 0.25) is 0 Å². The Balaban J connectivity index is 2.95. The predicted octanol–water partition coefficient (Wildman–Crippen LogP) is 1.71. The summed E-state index contributed by atoms with van der Waals surface area (Å²) in [5.74, 6) is -0.134. The topological polar surface area (TPSA) is 66.6 Å². The van der Waals surface area contributed by atoms with Crippen molar-refractivity contribution in [3.63, 3.8) is 0 Å². The van der Waals surface area contributed by atoms with Crippen molar-refractivity contribution in [3.05, 3.63) is 35.9 Å². The van der Waals surface area contributed by atoms with Crippen molar-refractivity contribution < 1.29 is 9.90 Å². The zero-order chi connectivity index (χ0) is 15.2. The lowest BCUT2D eigenvalue weighted by molar-refractivity contribution is -0.139. The van der Waals surface area contributed by atoms with Crippen LogP contribution in [-0.2, 0) is 11.3 Å². The summed E-state index contributed by atoms with van der Waals surface area (Å²) in [4.78, 5) is 14.5. The summed E-state index contributed by atoms with van der Waals surface area (Å²) in [6.07, 6.45) is 0.540. The Morgan fingerprint density at radius 2 is 2.00 bits per heavy atom. The number of nitrogens with two attached hydrogens (primary N) is 1. The van der Waals surface area contributed by atoms with Crippen LogP contribution in [0.3, 0.4) is 0 Å². The van der Waals surface area contributed by atoms with Crippen LogP contribution in [0.4, 0.5) is 0 Å². The average molecular weight is 294 g/mol. The molecule has 0 fully saturated rings. The van der Waals surface area contributed by atoms with Gasteiger partial charge in [0.2, 0.25) is 5.91 Å². The molecule has 0 saturated carbocycles. The maximum absolute atomic E-state index is 12.7. The van der Waals surface area contributed by atoms with E-state index in [4.69, 9.17) is 18.0 Å². The zero-order valence-corrected chi connectivity index (χ0v) is 12.8. The number of benzene rings is 1. The average Bonchev–Trinajstić information content (AvgIpc) is 2.46. The number of aliphatic hydroxyl groups excluding tert-OH is 1. The Kier molecular flexibility index (Phi) is 6.10. The normalized spacial score (nSPS) is 13.6. The highest BCUT2D eigenvalue weighted by molar-refractivity contribution is 7.80. The van der Waals surface area contributed by atoms with E-state index < -0.39 is 5.41 Å². The third kappa shape index (κ3) is 3.77. The van der Waals surface area contributed by atoms with Crippen LogP contribution in [-0.4, -0.2) is 34.1 Å². The monoisotopic (exact) mass is 294 g/mol. The number of rotatable bonds is 7. The minimum Gasteiger partial charge on any atom is -0.395 e. The fourth-order valence-electron chi connectivity index (χ4n) is 1.96. The van der Waals surface area contributed by atoms with E-state index in [1.165, 1.54) is 0 Å². The van der Waals surface area contributed by atoms with E-state index in [0.717, 1.165) is 5.56 Å². The first-order valence-electron chi connectivity index (χ1n) is 6.69. The number of carbonyl (C=O) groups excluding carboxylic acids is 1. The molecule has 1 amide bonds. The maximum Gasteiger partial charge on any atom is 0.235 e. The van der Waals surface area contributed by atoms with E-state index in [0.29, 0.717) is 13.0 Å². The lowest BCUT2D eigenvalue weighted by atomic mass is 9.85. The third-order valence-corrected chi connectivity index (χ3v) is 4.05. The van der Waals surface area contributed by atoms with E-state index in [-0.39, 0.29) is 24.0 Å². The summed E-state index contributed by atoms with van der Waals surface area (Å²) in [7, 11) is 0.